The summed E-state index contributed by atoms with van der Waals surface area (Å²) in [5, 5.41) is 2.52. The van der Waals surface area contributed by atoms with Crippen LogP contribution in [0.3, 0.4) is 0 Å². The summed E-state index contributed by atoms with van der Waals surface area (Å²) in [6, 6.07) is 7.75. The van der Waals surface area contributed by atoms with E-state index >= 15 is 0 Å². The number of carbonyl (C=O) groups is 2. The van der Waals surface area contributed by atoms with Gasteiger partial charge in [0, 0.05) is 5.02 Å². The third-order valence-corrected chi connectivity index (χ3v) is 3.67. The lowest BCUT2D eigenvalue weighted by Gasteiger charge is -2.18. The van der Waals surface area contributed by atoms with Crippen molar-refractivity contribution in [3.63, 3.8) is 0 Å². The number of carbonyl (C=O) groups excluding carboxylic acids is 2. The summed E-state index contributed by atoms with van der Waals surface area (Å²) in [6.45, 7) is 2.65. The lowest BCUT2D eigenvalue weighted by Crippen LogP contribution is -2.35. The quantitative estimate of drug-likeness (QED) is 0.585. The minimum Gasteiger partial charge on any atom is -0.479 e. The Hall–Kier alpha value is -2.74. The molecule has 2 atom stereocenters. The van der Waals surface area contributed by atoms with Crippen molar-refractivity contribution in [2.45, 2.75) is 26.1 Å². The molecular weight excluding hydrogens is 387 g/mol. The second kappa shape index (κ2) is 8.77. The van der Waals surface area contributed by atoms with Gasteiger partial charge in [-0.15, -0.1) is 0 Å². The standard InChI is InChI=1S/C18H15ClF3NO4/c1-9(17(24)23-14-8-7-13(20)15(21)16(14)22)27-18(25)10(2)26-12-5-3-11(19)4-6-12/h3-10H,1-2H3,(H,23,24)/t9-,10+/m0/s1. The van der Waals surface area contributed by atoms with Crippen molar-refractivity contribution in [3.8, 4) is 5.75 Å². The highest BCUT2D eigenvalue weighted by Gasteiger charge is 2.24. The number of anilines is 1. The molecule has 5 nitrogen and oxygen atoms in total. The molecule has 0 saturated carbocycles. The Labute approximate surface area is 158 Å². The summed E-state index contributed by atoms with van der Waals surface area (Å²) < 4.78 is 50.0. The van der Waals surface area contributed by atoms with Crippen LogP contribution in [0.4, 0.5) is 18.9 Å². The third-order valence-electron chi connectivity index (χ3n) is 3.41. The van der Waals surface area contributed by atoms with Gasteiger partial charge in [0.05, 0.1) is 5.69 Å². The summed E-state index contributed by atoms with van der Waals surface area (Å²) in [7, 11) is 0. The molecule has 144 valence electrons. The van der Waals surface area contributed by atoms with Gasteiger partial charge in [-0.3, -0.25) is 4.79 Å². The van der Waals surface area contributed by atoms with Crippen LogP contribution >= 0.6 is 11.6 Å². The molecular formula is C18H15ClF3NO4. The average Bonchev–Trinajstić information content (AvgIpc) is 2.63. The SMILES string of the molecule is C[C@H](OC(=O)[C@@H](C)Oc1ccc(Cl)cc1)C(=O)Nc1ccc(F)c(F)c1F. The van der Waals surface area contributed by atoms with Crippen LogP contribution in [-0.2, 0) is 14.3 Å². The van der Waals surface area contributed by atoms with Crippen LogP contribution in [0.25, 0.3) is 0 Å². The van der Waals surface area contributed by atoms with E-state index in [1.54, 1.807) is 24.3 Å². The number of nitrogens with one attached hydrogen (secondary N) is 1. The zero-order valence-electron chi connectivity index (χ0n) is 14.3. The van der Waals surface area contributed by atoms with Crippen LogP contribution in [0.1, 0.15) is 13.8 Å². The Balaban J connectivity index is 1.94. The third kappa shape index (κ3) is 5.37. The Morgan fingerprint density at radius 2 is 1.59 bits per heavy atom. The zero-order valence-corrected chi connectivity index (χ0v) is 15.0. The number of halogens is 4. The number of ether oxygens (including phenoxy) is 2. The van der Waals surface area contributed by atoms with Crippen molar-refractivity contribution in [2.75, 3.05) is 5.32 Å². The predicted molar refractivity (Wildman–Crippen MR) is 92.0 cm³/mol. The molecule has 0 aromatic heterocycles. The van der Waals surface area contributed by atoms with Gasteiger partial charge in [0.15, 0.2) is 29.7 Å². The predicted octanol–water partition coefficient (Wildman–Crippen LogP) is 4.10. The van der Waals surface area contributed by atoms with Gasteiger partial charge < -0.3 is 14.8 Å². The summed E-state index contributed by atoms with van der Waals surface area (Å²) in [5.41, 5.74) is -0.577. The molecule has 1 N–H and O–H groups in total. The van der Waals surface area contributed by atoms with E-state index in [4.69, 9.17) is 21.1 Å². The highest BCUT2D eigenvalue weighted by atomic mass is 35.5. The van der Waals surface area contributed by atoms with Crippen molar-refractivity contribution < 1.29 is 32.2 Å². The van der Waals surface area contributed by atoms with Crippen molar-refractivity contribution in [2.24, 2.45) is 0 Å². The summed E-state index contributed by atoms with van der Waals surface area (Å²) in [4.78, 5) is 24.0. The number of benzene rings is 2. The molecule has 0 saturated heterocycles. The smallest absolute Gasteiger partial charge is 0.347 e. The molecule has 0 spiro atoms. The maximum Gasteiger partial charge on any atom is 0.347 e. The van der Waals surface area contributed by atoms with E-state index in [0.717, 1.165) is 6.07 Å². The maximum absolute atomic E-state index is 13.6. The molecule has 2 rings (SSSR count). The molecule has 0 bridgehead atoms. The monoisotopic (exact) mass is 401 g/mol. The van der Waals surface area contributed by atoms with Crippen LogP contribution < -0.4 is 10.1 Å². The van der Waals surface area contributed by atoms with E-state index in [0.29, 0.717) is 16.8 Å². The Bertz CT molecular complexity index is 845. The van der Waals surface area contributed by atoms with Crippen LogP contribution in [0.5, 0.6) is 5.75 Å². The molecule has 1 amide bonds. The highest BCUT2D eigenvalue weighted by Crippen LogP contribution is 2.20. The van der Waals surface area contributed by atoms with E-state index in [-0.39, 0.29) is 0 Å². The fraction of sp³-hybridized carbons (Fsp3) is 0.222. The highest BCUT2D eigenvalue weighted by molar-refractivity contribution is 6.30. The van der Waals surface area contributed by atoms with E-state index in [1.807, 2.05) is 5.32 Å². The first-order valence-corrected chi connectivity index (χ1v) is 8.14. The minimum atomic E-state index is -1.72. The van der Waals surface area contributed by atoms with Crippen molar-refractivity contribution >= 4 is 29.2 Å². The average molecular weight is 402 g/mol. The number of hydrogen-bond donors (Lipinski definition) is 1. The fourth-order valence-electron chi connectivity index (χ4n) is 1.95. The molecule has 27 heavy (non-hydrogen) atoms. The molecule has 0 aliphatic rings. The number of rotatable bonds is 6. The molecule has 0 aliphatic carbocycles. The van der Waals surface area contributed by atoms with E-state index in [2.05, 4.69) is 0 Å². The first-order valence-electron chi connectivity index (χ1n) is 7.76. The van der Waals surface area contributed by atoms with Crippen molar-refractivity contribution in [3.05, 3.63) is 58.9 Å². The van der Waals surface area contributed by atoms with Crippen LogP contribution in [0, 0.1) is 17.5 Å². The lowest BCUT2D eigenvalue weighted by molar-refractivity contribution is -0.159. The molecule has 0 aliphatic heterocycles. The minimum absolute atomic E-state index is 0.366. The van der Waals surface area contributed by atoms with Gasteiger partial charge in [-0.1, -0.05) is 11.6 Å². The summed E-state index contributed by atoms with van der Waals surface area (Å²) in [5.74, 6) is -6.07. The molecule has 0 unspecified atom stereocenters. The van der Waals surface area contributed by atoms with E-state index in [1.165, 1.54) is 13.8 Å². The van der Waals surface area contributed by atoms with Crippen LogP contribution in [0.2, 0.25) is 5.02 Å². The maximum atomic E-state index is 13.6. The molecule has 0 radical (unpaired) electrons. The van der Waals surface area contributed by atoms with Gasteiger partial charge in [0.2, 0.25) is 0 Å². The molecule has 0 heterocycles. The van der Waals surface area contributed by atoms with Gasteiger partial charge >= 0.3 is 5.97 Å². The number of esters is 1. The number of amides is 1. The molecule has 2 aromatic carbocycles. The van der Waals surface area contributed by atoms with E-state index < -0.39 is 47.2 Å². The van der Waals surface area contributed by atoms with E-state index in [9.17, 15) is 22.8 Å². The molecule has 2 aromatic rings. The van der Waals surface area contributed by atoms with Gasteiger partial charge in [0.25, 0.3) is 5.91 Å². The molecule has 9 heteroatoms. The second-order valence-corrected chi connectivity index (χ2v) is 5.94. The largest absolute Gasteiger partial charge is 0.479 e. The van der Waals surface area contributed by atoms with Gasteiger partial charge in [0.1, 0.15) is 5.75 Å². The molecule has 0 fully saturated rings. The second-order valence-electron chi connectivity index (χ2n) is 5.51. The first kappa shape index (κ1) is 20.6. The van der Waals surface area contributed by atoms with Crippen molar-refractivity contribution in [1.82, 2.24) is 0 Å². The fourth-order valence-corrected chi connectivity index (χ4v) is 2.07. The number of hydrogen-bond acceptors (Lipinski definition) is 4. The zero-order chi connectivity index (χ0) is 20.1. The Kier molecular flexibility index (Phi) is 6.68. The van der Waals surface area contributed by atoms with Gasteiger partial charge in [-0.05, 0) is 50.2 Å². The lowest BCUT2D eigenvalue weighted by atomic mass is 10.2. The summed E-state index contributed by atoms with van der Waals surface area (Å²) >= 11 is 5.75. The topological polar surface area (TPSA) is 64.6 Å². The summed E-state index contributed by atoms with van der Waals surface area (Å²) in [6.07, 6.45) is -2.37. The Morgan fingerprint density at radius 3 is 2.22 bits per heavy atom. The van der Waals surface area contributed by atoms with Crippen molar-refractivity contribution in [1.29, 1.82) is 0 Å². The Morgan fingerprint density at radius 1 is 0.963 bits per heavy atom. The van der Waals surface area contributed by atoms with Gasteiger partial charge in [-0.25, -0.2) is 18.0 Å². The first-order chi connectivity index (χ1) is 12.7. The van der Waals surface area contributed by atoms with Crippen LogP contribution in [0.15, 0.2) is 36.4 Å². The normalized spacial score (nSPS) is 12.8. The van der Waals surface area contributed by atoms with Gasteiger partial charge in [-0.2, -0.15) is 0 Å². The van der Waals surface area contributed by atoms with Crippen LogP contribution in [-0.4, -0.2) is 24.1 Å².